The van der Waals surface area contributed by atoms with Crippen LogP contribution in [0, 0.1) is 0 Å². The Morgan fingerprint density at radius 2 is 1.69 bits per heavy atom. The smallest absolute Gasteiger partial charge is 0.242 e. The highest BCUT2D eigenvalue weighted by atomic mass is 32.2. The fourth-order valence-corrected chi connectivity index (χ4v) is 4.89. The Bertz CT molecular complexity index is 651. The van der Waals surface area contributed by atoms with E-state index in [-0.39, 0.29) is 16.7 Å². The lowest BCUT2D eigenvalue weighted by Crippen LogP contribution is -2.45. The molecular weight excluding hydrogens is 344 g/mol. The molecule has 2 atom stereocenters. The molecule has 1 aliphatic rings. The number of carbonyl (C=O) groups is 1. The van der Waals surface area contributed by atoms with Gasteiger partial charge >= 0.3 is 0 Å². The van der Waals surface area contributed by atoms with Gasteiger partial charge in [-0.05, 0) is 56.6 Å². The lowest BCUT2D eigenvalue weighted by molar-refractivity contribution is -0.119. The van der Waals surface area contributed by atoms with Gasteiger partial charge in [0.2, 0.25) is 5.91 Å². The van der Waals surface area contributed by atoms with Gasteiger partial charge in [-0.25, -0.2) is 8.51 Å². The molecule has 1 unspecified atom stereocenters. The van der Waals surface area contributed by atoms with Crippen molar-refractivity contribution in [3.05, 3.63) is 29.3 Å². The number of benzene rings is 1. The van der Waals surface area contributed by atoms with E-state index in [2.05, 4.69) is 51.2 Å². The summed E-state index contributed by atoms with van der Waals surface area (Å²) in [6.07, 6.45) is 1.66. The molecule has 0 bridgehead atoms. The van der Waals surface area contributed by atoms with Crippen molar-refractivity contribution >= 4 is 22.6 Å². The molecule has 0 saturated carbocycles. The van der Waals surface area contributed by atoms with Gasteiger partial charge in [0.25, 0.3) is 0 Å². The number of carbonyl (C=O) groups excluding carboxylic acids is 1. The third kappa shape index (κ3) is 4.55. The number of para-hydroxylation sites is 1. The first-order valence-corrected chi connectivity index (χ1v) is 10.8. The molecule has 1 N–H and O–H groups in total. The first-order valence-electron chi connectivity index (χ1n) is 9.66. The number of rotatable bonds is 5. The van der Waals surface area contributed by atoms with E-state index >= 15 is 0 Å². The summed E-state index contributed by atoms with van der Waals surface area (Å²) < 4.78 is 14.4. The summed E-state index contributed by atoms with van der Waals surface area (Å²) in [5.41, 5.74) is 3.26. The SMILES string of the molecule is CC(C)c1cccc(C(C)C)c1NC(=O)[C@@H]1CCCN1S(=O)C(C)(C)C. The van der Waals surface area contributed by atoms with E-state index in [1.807, 2.05) is 25.1 Å². The normalized spacial score (nSPS) is 20.0. The molecule has 5 heteroatoms. The van der Waals surface area contributed by atoms with Crippen LogP contribution in [-0.4, -0.2) is 31.8 Å². The van der Waals surface area contributed by atoms with Crippen LogP contribution in [0.1, 0.15) is 84.3 Å². The van der Waals surface area contributed by atoms with Gasteiger partial charge in [0.05, 0.1) is 4.75 Å². The summed E-state index contributed by atoms with van der Waals surface area (Å²) >= 11 is 0. The molecule has 1 amide bonds. The molecule has 0 radical (unpaired) electrons. The van der Waals surface area contributed by atoms with Gasteiger partial charge in [-0.3, -0.25) is 4.79 Å². The molecular formula is C21H34N2O2S. The van der Waals surface area contributed by atoms with Gasteiger partial charge in [0.1, 0.15) is 17.0 Å². The van der Waals surface area contributed by atoms with Crippen LogP contribution >= 0.6 is 0 Å². The number of anilines is 1. The topological polar surface area (TPSA) is 49.4 Å². The summed E-state index contributed by atoms with van der Waals surface area (Å²) in [5, 5.41) is 3.21. The molecule has 1 saturated heterocycles. The van der Waals surface area contributed by atoms with E-state index in [4.69, 9.17) is 0 Å². The van der Waals surface area contributed by atoms with E-state index < -0.39 is 11.0 Å². The molecule has 0 aliphatic carbocycles. The first kappa shape index (κ1) is 21.1. The summed E-state index contributed by atoms with van der Waals surface area (Å²) in [5.74, 6) is 0.620. The Morgan fingerprint density at radius 1 is 1.15 bits per heavy atom. The molecule has 1 aromatic carbocycles. The van der Waals surface area contributed by atoms with E-state index in [1.165, 1.54) is 0 Å². The third-order valence-electron chi connectivity index (χ3n) is 4.86. The van der Waals surface area contributed by atoms with Crippen LogP contribution in [0.25, 0.3) is 0 Å². The van der Waals surface area contributed by atoms with Crippen molar-refractivity contribution in [2.45, 2.75) is 83.9 Å². The average Bonchev–Trinajstić information content (AvgIpc) is 3.02. The van der Waals surface area contributed by atoms with Crippen molar-refractivity contribution in [2.24, 2.45) is 0 Å². The van der Waals surface area contributed by atoms with Gasteiger partial charge in [-0.1, -0.05) is 45.9 Å². The number of nitrogens with one attached hydrogen (secondary N) is 1. The maximum Gasteiger partial charge on any atom is 0.242 e. The molecule has 2 rings (SSSR count). The second kappa shape index (κ2) is 8.22. The van der Waals surface area contributed by atoms with Crippen LogP contribution in [-0.2, 0) is 15.8 Å². The van der Waals surface area contributed by atoms with Crippen molar-refractivity contribution in [1.29, 1.82) is 0 Å². The summed E-state index contributed by atoms with van der Waals surface area (Å²) in [4.78, 5) is 13.1. The van der Waals surface area contributed by atoms with Crippen LogP contribution in [0.5, 0.6) is 0 Å². The minimum atomic E-state index is -1.18. The van der Waals surface area contributed by atoms with Crippen LogP contribution in [0.15, 0.2) is 18.2 Å². The zero-order valence-electron chi connectivity index (χ0n) is 17.3. The zero-order valence-corrected chi connectivity index (χ0v) is 18.1. The molecule has 26 heavy (non-hydrogen) atoms. The van der Waals surface area contributed by atoms with Gasteiger partial charge in [-0.15, -0.1) is 0 Å². The Hall–Kier alpha value is -1.20. The monoisotopic (exact) mass is 378 g/mol. The van der Waals surface area contributed by atoms with Crippen LogP contribution < -0.4 is 5.32 Å². The predicted octanol–water partition coefficient (Wildman–Crippen LogP) is 4.80. The number of hydrogen-bond donors (Lipinski definition) is 1. The number of amides is 1. The molecule has 0 aromatic heterocycles. The second-order valence-corrected chi connectivity index (χ2v) is 11.0. The molecule has 4 nitrogen and oxygen atoms in total. The number of hydrogen-bond acceptors (Lipinski definition) is 2. The molecule has 1 fully saturated rings. The lowest BCUT2D eigenvalue weighted by atomic mass is 9.92. The standard InChI is InChI=1S/C21H34N2O2S/c1-14(2)16-10-8-11-17(15(3)4)19(16)22-20(24)18-12-9-13-23(18)26(25)21(5,6)7/h8,10-11,14-15,18H,9,12-13H2,1-7H3,(H,22,24)/t18-,26?/m0/s1. The lowest BCUT2D eigenvalue weighted by Gasteiger charge is -2.30. The number of nitrogens with zero attached hydrogens (tertiary/aromatic N) is 1. The maximum atomic E-state index is 13.1. The predicted molar refractivity (Wildman–Crippen MR) is 111 cm³/mol. The Labute approximate surface area is 161 Å². The van der Waals surface area contributed by atoms with Gasteiger partial charge in [-0.2, -0.15) is 0 Å². The molecule has 146 valence electrons. The second-order valence-electron chi connectivity index (χ2n) is 8.77. The maximum absolute atomic E-state index is 13.1. The minimum Gasteiger partial charge on any atom is -0.324 e. The van der Waals surface area contributed by atoms with E-state index in [0.29, 0.717) is 18.4 Å². The quantitative estimate of drug-likeness (QED) is 0.800. The van der Waals surface area contributed by atoms with E-state index in [9.17, 15) is 9.00 Å². The zero-order chi connectivity index (χ0) is 19.6. The molecule has 1 aliphatic heterocycles. The van der Waals surface area contributed by atoms with Crippen LogP contribution in [0.4, 0.5) is 5.69 Å². The molecule has 0 spiro atoms. The Morgan fingerprint density at radius 3 is 2.15 bits per heavy atom. The first-order chi connectivity index (χ1) is 12.0. The van der Waals surface area contributed by atoms with Gasteiger partial charge < -0.3 is 5.32 Å². The van der Waals surface area contributed by atoms with Crippen LogP contribution in [0.3, 0.4) is 0 Å². The highest BCUT2D eigenvalue weighted by Gasteiger charge is 2.38. The van der Waals surface area contributed by atoms with E-state index in [1.54, 1.807) is 0 Å². The minimum absolute atomic E-state index is 0.0323. The Balaban J connectivity index is 2.31. The fourth-order valence-electron chi connectivity index (χ4n) is 3.45. The fraction of sp³-hybridized carbons (Fsp3) is 0.667. The summed E-state index contributed by atoms with van der Waals surface area (Å²) in [6, 6.07) is 5.92. The average molecular weight is 379 g/mol. The largest absolute Gasteiger partial charge is 0.324 e. The van der Waals surface area contributed by atoms with Crippen molar-refractivity contribution < 1.29 is 9.00 Å². The van der Waals surface area contributed by atoms with Crippen molar-refractivity contribution in [1.82, 2.24) is 4.31 Å². The van der Waals surface area contributed by atoms with E-state index in [0.717, 1.165) is 29.7 Å². The third-order valence-corrected chi connectivity index (χ3v) is 6.78. The summed E-state index contributed by atoms with van der Waals surface area (Å²) in [7, 11) is -1.18. The van der Waals surface area contributed by atoms with Crippen molar-refractivity contribution in [3.8, 4) is 0 Å². The highest BCUT2D eigenvalue weighted by Crippen LogP contribution is 2.33. The van der Waals surface area contributed by atoms with Gasteiger partial charge in [0.15, 0.2) is 0 Å². The van der Waals surface area contributed by atoms with Crippen LogP contribution in [0.2, 0.25) is 0 Å². The molecule has 1 heterocycles. The Kier molecular flexibility index (Phi) is 6.67. The summed E-state index contributed by atoms with van der Waals surface area (Å²) in [6.45, 7) is 15.2. The van der Waals surface area contributed by atoms with Crippen molar-refractivity contribution in [2.75, 3.05) is 11.9 Å². The highest BCUT2D eigenvalue weighted by molar-refractivity contribution is 7.84. The van der Waals surface area contributed by atoms with Crippen molar-refractivity contribution in [3.63, 3.8) is 0 Å². The van der Waals surface area contributed by atoms with Gasteiger partial charge in [0, 0.05) is 12.2 Å². The molecule has 1 aromatic rings.